The van der Waals surface area contributed by atoms with E-state index in [9.17, 15) is 21.6 Å². The minimum atomic E-state index is -3.83. The largest absolute Gasteiger partial charge is 0.434 e. The molecule has 0 saturated carbocycles. The molecule has 2 aromatic heterocycles. The molecule has 3 heterocycles. The van der Waals surface area contributed by atoms with Crippen LogP contribution in [0.25, 0.3) is 27.7 Å². The number of nitrogens with zero attached hydrogens (tertiary/aromatic N) is 4. The molecule has 4 aromatic rings. The van der Waals surface area contributed by atoms with Crippen molar-refractivity contribution in [2.75, 3.05) is 11.6 Å². The van der Waals surface area contributed by atoms with Gasteiger partial charge in [-0.3, -0.25) is 4.57 Å². The first-order valence-corrected chi connectivity index (χ1v) is 12.2. The maximum Gasteiger partial charge on any atom is 0.387 e. The molecule has 2 aromatic carbocycles. The molecule has 0 radical (unpaired) electrons. The zero-order valence-corrected chi connectivity index (χ0v) is 19.7. The Bertz CT molecular complexity index is 1630. The summed E-state index contributed by atoms with van der Waals surface area (Å²) in [6.07, 6.45) is 2.10. The highest BCUT2D eigenvalue weighted by Gasteiger charge is 2.38. The number of nitrogens with one attached hydrogen (secondary N) is 1. The van der Waals surface area contributed by atoms with Crippen LogP contribution in [0.5, 0.6) is 5.75 Å². The van der Waals surface area contributed by atoms with E-state index in [1.165, 1.54) is 22.9 Å². The quantitative estimate of drug-likeness (QED) is 0.406. The zero-order valence-electron chi connectivity index (χ0n) is 18.9. The molecule has 13 heteroatoms. The molecule has 0 bridgehead atoms. The molecule has 5 rings (SSSR count). The minimum Gasteiger partial charge on any atom is -0.434 e. The number of alkyl halides is 2. The summed E-state index contributed by atoms with van der Waals surface area (Å²) in [4.78, 5) is 0. The molecule has 0 aliphatic carbocycles. The van der Waals surface area contributed by atoms with Crippen LogP contribution < -0.4 is 10.1 Å². The molecule has 0 atom stereocenters. The molecule has 0 fully saturated rings. The van der Waals surface area contributed by atoms with Gasteiger partial charge >= 0.3 is 6.61 Å². The number of hydrogen-bond donors (Lipinski definition) is 1. The summed E-state index contributed by atoms with van der Waals surface area (Å²) in [5, 5.41) is 11.3. The van der Waals surface area contributed by atoms with Gasteiger partial charge in [-0.2, -0.15) is 8.78 Å². The van der Waals surface area contributed by atoms with Gasteiger partial charge in [0.2, 0.25) is 10.0 Å². The van der Waals surface area contributed by atoms with Crippen LogP contribution in [-0.2, 0) is 15.6 Å². The number of ether oxygens (including phenoxy) is 1. The van der Waals surface area contributed by atoms with Crippen LogP contribution in [0.3, 0.4) is 0 Å². The lowest BCUT2D eigenvalue weighted by Gasteiger charge is -2.34. The third kappa shape index (κ3) is 3.52. The van der Waals surface area contributed by atoms with Crippen LogP contribution in [0.15, 0.2) is 30.5 Å². The van der Waals surface area contributed by atoms with Crippen molar-refractivity contribution >= 4 is 26.6 Å². The van der Waals surface area contributed by atoms with E-state index < -0.39 is 45.1 Å². The van der Waals surface area contributed by atoms with Gasteiger partial charge in [0.15, 0.2) is 11.6 Å². The number of hydrogen-bond acceptors (Lipinski definition) is 6. The number of rotatable bonds is 4. The van der Waals surface area contributed by atoms with Crippen LogP contribution in [0, 0.1) is 18.6 Å². The van der Waals surface area contributed by atoms with E-state index in [-0.39, 0.29) is 27.8 Å². The second-order valence-corrected chi connectivity index (χ2v) is 10.6. The SMILES string of the molecule is Cc1nnc2n1-c1c(cc(OC(F)F)c(-c3cc(F)cc4c3ccn4S(C)(=O)=O)c1F)NC2(C)C. The van der Waals surface area contributed by atoms with Gasteiger partial charge in [-0.1, -0.05) is 0 Å². The fourth-order valence-corrected chi connectivity index (χ4v) is 5.27. The highest BCUT2D eigenvalue weighted by atomic mass is 32.2. The topological polar surface area (TPSA) is 91.0 Å². The van der Waals surface area contributed by atoms with Crippen molar-refractivity contribution in [1.82, 2.24) is 18.7 Å². The Morgan fingerprint density at radius 1 is 1.14 bits per heavy atom. The molecule has 0 spiro atoms. The molecule has 8 nitrogen and oxygen atoms in total. The van der Waals surface area contributed by atoms with Crippen LogP contribution in [-0.4, -0.2) is 40.0 Å². The average molecular weight is 509 g/mol. The Hall–Kier alpha value is -3.61. The number of halogens is 4. The molecule has 1 N–H and O–H groups in total. The molecule has 184 valence electrons. The maximum atomic E-state index is 16.4. The minimum absolute atomic E-state index is 0.0570. The first-order chi connectivity index (χ1) is 16.3. The monoisotopic (exact) mass is 509 g/mol. The van der Waals surface area contributed by atoms with E-state index in [2.05, 4.69) is 20.3 Å². The lowest BCUT2D eigenvalue weighted by atomic mass is 9.95. The second-order valence-electron chi connectivity index (χ2n) is 8.76. The summed E-state index contributed by atoms with van der Waals surface area (Å²) >= 11 is 0. The second kappa shape index (κ2) is 7.44. The van der Waals surface area contributed by atoms with Gasteiger partial charge in [0.1, 0.15) is 23.1 Å². The summed E-state index contributed by atoms with van der Waals surface area (Å²) in [7, 11) is -3.83. The predicted molar refractivity (Wildman–Crippen MR) is 120 cm³/mol. The third-order valence-corrected chi connectivity index (χ3v) is 6.87. The standard InChI is InChI=1S/C22H19F4N5O3S/c1-10-28-29-20-22(2,3)27-14-9-16(34-21(25)26)17(18(24)19(14)31(10)20)13-7-11(23)8-15-12(13)5-6-30(15)35(4,32)33/h5-9,21,27H,1-4H3. The van der Waals surface area contributed by atoms with Crippen LogP contribution >= 0.6 is 0 Å². The molecule has 1 aliphatic heterocycles. The van der Waals surface area contributed by atoms with E-state index in [1.807, 2.05) is 0 Å². The van der Waals surface area contributed by atoms with Gasteiger partial charge < -0.3 is 10.1 Å². The first-order valence-electron chi connectivity index (χ1n) is 10.3. The van der Waals surface area contributed by atoms with Gasteiger partial charge in [0, 0.05) is 23.2 Å². The normalized spacial score (nSPS) is 14.7. The van der Waals surface area contributed by atoms with Crippen LogP contribution in [0.1, 0.15) is 25.5 Å². The Morgan fingerprint density at radius 3 is 2.51 bits per heavy atom. The third-order valence-electron chi connectivity index (χ3n) is 5.84. The Labute approximate surface area is 197 Å². The zero-order chi connectivity index (χ0) is 25.4. The molecular formula is C22H19F4N5O3S. The van der Waals surface area contributed by atoms with Crippen molar-refractivity contribution in [2.24, 2.45) is 0 Å². The number of aryl methyl sites for hydroxylation is 1. The predicted octanol–water partition coefficient (Wildman–Crippen LogP) is 4.55. The van der Waals surface area contributed by atoms with Gasteiger partial charge in [-0.25, -0.2) is 21.2 Å². The first kappa shape index (κ1) is 23.1. The van der Waals surface area contributed by atoms with Crippen molar-refractivity contribution < 1.29 is 30.7 Å². The van der Waals surface area contributed by atoms with E-state index >= 15 is 4.39 Å². The number of aromatic nitrogens is 4. The smallest absolute Gasteiger partial charge is 0.387 e. The molecule has 0 unspecified atom stereocenters. The van der Waals surface area contributed by atoms with Crippen LogP contribution in [0.4, 0.5) is 23.2 Å². The van der Waals surface area contributed by atoms with Gasteiger partial charge in [-0.05, 0) is 39.0 Å². The highest BCUT2D eigenvalue weighted by molar-refractivity contribution is 7.89. The number of fused-ring (bicyclic) bond motifs is 4. The lowest BCUT2D eigenvalue weighted by Crippen LogP contribution is -2.36. The average Bonchev–Trinajstić information content (AvgIpc) is 3.31. The summed E-state index contributed by atoms with van der Waals surface area (Å²) in [5.41, 5.74) is -1.44. The van der Waals surface area contributed by atoms with Gasteiger partial charge in [0.25, 0.3) is 0 Å². The van der Waals surface area contributed by atoms with E-state index in [4.69, 9.17) is 0 Å². The Balaban J connectivity index is 1.90. The van der Waals surface area contributed by atoms with Crippen LogP contribution in [0.2, 0.25) is 0 Å². The van der Waals surface area contributed by atoms with Crippen molar-refractivity contribution in [3.05, 3.63) is 53.7 Å². The van der Waals surface area contributed by atoms with Gasteiger partial charge in [-0.15, -0.1) is 10.2 Å². The molecular weight excluding hydrogens is 490 g/mol. The molecule has 0 saturated heterocycles. The van der Waals surface area contributed by atoms with Gasteiger partial charge in [0.05, 0.1) is 28.6 Å². The number of anilines is 1. The van der Waals surface area contributed by atoms with Crippen molar-refractivity contribution in [3.63, 3.8) is 0 Å². The van der Waals surface area contributed by atoms with E-state index in [1.54, 1.807) is 20.8 Å². The highest BCUT2D eigenvalue weighted by Crippen LogP contribution is 2.47. The number of benzene rings is 2. The molecule has 0 amide bonds. The maximum absolute atomic E-state index is 16.4. The van der Waals surface area contributed by atoms with Crippen molar-refractivity contribution in [1.29, 1.82) is 0 Å². The summed E-state index contributed by atoms with van der Waals surface area (Å²) in [6.45, 7) is 1.83. The fraction of sp³-hybridized carbons (Fsp3) is 0.273. The fourth-order valence-electron chi connectivity index (χ4n) is 4.48. The summed E-state index contributed by atoms with van der Waals surface area (Å²) < 4.78 is 89.1. The Morgan fingerprint density at radius 2 is 1.86 bits per heavy atom. The Kier molecular flexibility index (Phi) is 4.92. The summed E-state index contributed by atoms with van der Waals surface area (Å²) in [5.74, 6) is -1.72. The van der Waals surface area contributed by atoms with Crippen molar-refractivity contribution in [2.45, 2.75) is 32.9 Å². The van der Waals surface area contributed by atoms with E-state index in [0.717, 1.165) is 22.4 Å². The van der Waals surface area contributed by atoms with Crippen molar-refractivity contribution in [3.8, 4) is 22.6 Å². The summed E-state index contributed by atoms with van der Waals surface area (Å²) in [6, 6.07) is 4.45. The molecule has 1 aliphatic rings. The molecule has 35 heavy (non-hydrogen) atoms. The lowest BCUT2D eigenvalue weighted by molar-refractivity contribution is -0.0495. The van der Waals surface area contributed by atoms with E-state index in [0.29, 0.717) is 11.6 Å².